The van der Waals surface area contributed by atoms with Crippen LogP contribution in [0.3, 0.4) is 0 Å². The highest BCUT2D eigenvalue weighted by Crippen LogP contribution is 2.43. The zero-order valence-corrected chi connectivity index (χ0v) is 36.6. The van der Waals surface area contributed by atoms with Gasteiger partial charge in [0.25, 0.3) is 0 Å². The zero-order valence-electron chi connectivity index (χ0n) is 35.7. The highest BCUT2D eigenvalue weighted by atomic mass is 31.2. The standard InChI is InChI=1S/C42H79N4O8P/c1-43(2)29-30-44(3)31-32-45(37-41(47)48)38-42(49)52-35-28-40-26-24-39(25-27-40)23-21-19-17-15-13-11-9-7-8-10-12-14-16-18-20-22-34-53-55(50,51)54-36-33-46(4,5)6/h24-27H,7-23,28-38H2,1-6H3,(H-,47,48,50,51)/p+1. The fourth-order valence-electron chi connectivity index (χ4n) is 6.14. The van der Waals surface area contributed by atoms with E-state index in [-0.39, 0.29) is 38.9 Å². The van der Waals surface area contributed by atoms with Crippen molar-refractivity contribution in [2.24, 2.45) is 0 Å². The van der Waals surface area contributed by atoms with Crippen molar-refractivity contribution in [3.63, 3.8) is 0 Å². The van der Waals surface area contributed by atoms with Gasteiger partial charge in [0.1, 0.15) is 13.2 Å². The van der Waals surface area contributed by atoms with Gasteiger partial charge in [0.2, 0.25) is 0 Å². The van der Waals surface area contributed by atoms with Gasteiger partial charge >= 0.3 is 19.8 Å². The molecule has 2 N–H and O–H groups in total. The van der Waals surface area contributed by atoms with Gasteiger partial charge in [-0.05, 0) is 51.5 Å². The molecule has 0 aliphatic rings. The lowest BCUT2D eigenvalue weighted by Crippen LogP contribution is -2.41. The van der Waals surface area contributed by atoms with Crippen LogP contribution in [0.4, 0.5) is 0 Å². The van der Waals surface area contributed by atoms with Crippen molar-refractivity contribution in [2.75, 3.05) is 108 Å². The number of likely N-dealkylation sites (N-methyl/N-ethyl adjacent to an activating group) is 3. The molecule has 1 aromatic rings. The van der Waals surface area contributed by atoms with Crippen molar-refractivity contribution in [1.82, 2.24) is 14.7 Å². The molecule has 0 radical (unpaired) electrons. The Labute approximate surface area is 335 Å². The van der Waals surface area contributed by atoms with Gasteiger partial charge in [0.15, 0.2) is 0 Å². The average Bonchev–Trinajstić information content (AvgIpc) is 3.10. The summed E-state index contributed by atoms with van der Waals surface area (Å²) < 4.78 is 28.2. The SMILES string of the molecule is CN(C)CCN(C)CCN(CC(=O)O)CC(=O)OCCc1ccc(CCCCCCCCCCCCCCCCCCOP(=O)(O)OCC[N+](C)(C)C)cc1. The summed E-state index contributed by atoms with van der Waals surface area (Å²) in [6, 6.07) is 8.60. The average molecular weight is 800 g/mol. The predicted molar refractivity (Wildman–Crippen MR) is 223 cm³/mol. The van der Waals surface area contributed by atoms with Gasteiger partial charge in [-0.2, -0.15) is 0 Å². The third kappa shape index (κ3) is 32.9. The van der Waals surface area contributed by atoms with Crippen molar-refractivity contribution in [3.8, 4) is 0 Å². The second-order valence-electron chi connectivity index (χ2n) is 16.6. The van der Waals surface area contributed by atoms with Crippen molar-refractivity contribution in [2.45, 2.75) is 116 Å². The van der Waals surface area contributed by atoms with E-state index in [1.807, 2.05) is 42.3 Å². The molecule has 0 saturated carbocycles. The Bertz CT molecular complexity index is 1170. The first-order valence-electron chi connectivity index (χ1n) is 21.1. The highest BCUT2D eigenvalue weighted by Gasteiger charge is 2.22. The van der Waals surface area contributed by atoms with Crippen LogP contribution in [0.5, 0.6) is 0 Å². The molecule has 0 aliphatic carbocycles. The molecule has 0 amide bonds. The fourth-order valence-corrected chi connectivity index (χ4v) is 6.88. The molecule has 0 spiro atoms. The topological polar surface area (TPSA) is 129 Å². The van der Waals surface area contributed by atoms with Crippen LogP contribution in [0.1, 0.15) is 114 Å². The van der Waals surface area contributed by atoms with Crippen LogP contribution >= 0.6 is 7.82 Å². The number of ether oxygens (including phenoxy) is 1. The van der Waals surface area contributed by atoms with E-state index in [1.54, 1.807) is 4.90 Å². The summed E-state index contributed by atoms with van der Waals surface area (Å²) in [5, 5.41) is 9.27. The van der Waals surface area contributed by atoms with E-state index in [1.165, 1.54) is 89.0 Å². The molecule has 0 aromatic heterocycles. The number of esters is 1. The minimum Gasteiger partial charge on any atom is -0.480 e. The number of aryl methyl sites for hydroxylation is 1. The molecule has 0 aliphatic heterocycles. The summed E-state index contributed by atoms with van der Waals surface area (Å²) >= 11 is 0. The van der Waals surface area contributed by atoms with Crippen LogP contribution in [-0.4, -0.2) is 149 Å². The quantitative estimate of drug-likeness (QED) is 0.0305. The second kappa shape index (κ2) is 31.1. The molecule has 0 saturated heterocycles. The highest BCUT2D eigenvalue weighted by molar-refractivity contribution is 7.47. The van der Waals surface area contributed by atoms with E-state index in [4.69, 9.17) is 13.8 Å². The number of hydrogen-bond acceptors (Lipinski definition) is 9. The number of carboxylic acid groups (broad SMARTS) is 1. The first-order chi connectivity index (χ1) is 26.1. The lowest BCUT2D eigenvalue weighted by atomic mass is 10.0. The third-order valence-corrected chi connectivity index (χ3v) is 10.8. The van der Waals surface area contributed by atoms with Crippen LogP contribution in [0.25, 0.3) is 0 Å². The van der Waals surface area contributed by atoms with Crippen molar-refractivity contribution >= 4 is 19.8 Å². The Morgan fingerprint density at radius 1 is 0.618 bits per heavy atom. The monoisotopic (exact) mass is 800 g/mol. The molecule has 1 rings (SSSR count). The number of carbonyl (C=O) groups is 2. The molecule has 1 aromatic carbocycles. The summed E-state index contributed by atoms with van der Waals surface area (Å²) in [4.78, 5) is 39.4. The van der Waals surface area contributed by atoms with Crippen molar-refractivity contribution < 1.29 is 42.4 Å². The van der Waals surface area contributed by atoms with Crippen LogP contribution in [0, 0.1) is 0 Å². The predicted octanol–water partition coefficient (Wildman–Crippen LogP) is 7.28. The number of carbonyl (C=O) groups excluding carboxylic acids is 1. The van der Waals surface area contributed by atoms with Gasteiger partial charge < -0.3 is 29.0 Å². The lowest BCUT2D eigenvalue weighted by Gasteiger charge is -2.24. The maximum Gasteiger partial charge on any atom is 0.472 e. The molecule has 12 nitrogen and oxygen atoms in total. The van der Waals surface area contributed by atoms with E-state index in [0.29, 0.717) is 30.5 Å². The Morgan fingerprint density at radius 2 is 1.07 bits per heavy atom. The molecule has 320 valence electrons. The first-order valence-corrected chi connectivity index (χ1v) is 22.6. The molecule has 13 heteroatoms. The van der Waals surface area contributed by atoms with Gasteiger partial charge in [-0.25, -0.2) is 4.57 Å². The van der Waals surface area contributed by atoms with Gasteiger partial charge in [-0.1, -0.05) is 114 Å². The summed E-state index contributed by atoms with van der Waals surface area (Å²) in [7, 11) is 8.14. The Balaban J connectivity index is 1.98. The first kappa shape index (κ1) is 51.1. The number of unbranched alkanes of at least 4 members (excludes halogenated alkanes) is 15. The molecular weight excluding hydrogens is 719 g/mol. The summed E-state index contributed by atoms with van der Waals surface area (Å²) in [5.74, 6) is -1.34. The Hall–Kier alpha value is -1.89. The molecule has 1 atom stereocenters. The minimum atomic E-state index is -3.93. The summed E-state index contributed by atoms with van der Waals surface area (Å²) in [5.41, 5.74) is 2.48. The van der Waals surface area contributed by atoms with Gasteiger partial charge in [0, 0.05) is 32.6 Å². The summed E-state index contributed by atoms with van der Waals surface area (Å²) in [6.45, 7) is 4.18. The van der Waals surface area contributed by atoms with E-state index in [9.17, 15) is 24.2 Å². The Morgan fingerprint density at radius 3 is 1.56 bits per heavy atom. The Kier molecular flexibility index (Phi) is 29.0. The van der Waals surface area contributed by atoms with E-state index < -0.39 is 13.8 Å². The van der Waals surface area contributed by atoms with Gasteiger partial charge in [0.05, 0.1) is 47.4 Å². The van der Waals surface area contributed by atoms with Crippen LogP contribution in [0.2, 0.25) is 0 Å². The number of hydrogen-bond donors (Lipinski definition) is 2. The maximum absolute atomic E-state index is 12.4. The van der Waals surface area contributed by atoms with Crippen LogP contribution < -0.4 is 0 Å². The van der Waals surface area contributed by atoms with Crippen LogP contribution in [-0.2, 0) is 40.8 Å². The minimum absolute atomic E-state index is 0.0235. The molecule has 1 unspecified atom stereocenters. The second-order valence-corrected chi connectivity index (χ2v) is 18.0. The lowest BCUT2D eigenvalue weighted by molar-refractivity contribution is -0.870. The van der Waals surface area contributed by atoms with Crippen LogP contribution in [0.15, 0.2) is 24.3 Å². The molecule has 0 fully saturated rings. The number of quaternary nitrogens is 1. The van der Waals surface area contributed by atoms with Crippen molar-refractivity contribution in [1.29, 1.82) is 0 Å². The number of benzene rings is 1. The molecule has 0 bridgehead atoms. The fraction of sp³-hybridized carbons (Fsp3) is 0.810. The number of rotatable bonds is 37. The third-order valence-electron chi connectivity index (χ3n) is 9.75. The maximum atomic E-state index is 12.4. The normalized spacial score (nSPS) is 13.2. The van der Waals surface area contributed by atoms with Crippen molar-refractivity contribution in [3.05, 3.63) is 35.4 Å². The summed E-state index contributed by atoms with van der Waals surface area (Å²) in [6.07, 6.45) is 21.6. The number of phosphoric acid groups is 1. The zero-order chi connectivity index (χ0) is 40.8. The van der Waals surface area contributed by atoms with E-state index in [0.717, 1.165) is 44.3 Å². The number of carboxylic acids is 1. The van der Waals surface area contributed by atoms with E-state index >= 15 is 0 Å². The van der Waals surface area contributed by atoms with E-state index in [2.05, 4.69) is 34.1 Å². The van der Waals surface area contributed by atoms with Gasteiger partial charge in [-0.3, -0.25) is 23.5 Å². The number of aliphatic carboxylic acids is 1. The molecule has 0 heterocycles. The molecular formula is C42H80N4O8P+. The van der Waals surface area contributed by atoms with Gasteiger partial charge in [-0.15, -0.1) is 0 Å². The largest absolute Gasteiger partial charge is 0.480 e. The number of phosphoric ester groups is 1. The smallest absolute Gasteiger partial charge is 0.472 e. The number of nitrogens with zero attached hydrogens (tertiary/aromatic N) is 4. The molecule has 55 heavy (non-hydrogen) atoms.